The van der Waals surface area contributed by atoms with Gasteiger partial charge in [-0.3, -0.25) is 0 Å². The van der Waals surface area contributed by atoms with Gasteiger partial charge in [-0.1, -0.05) is 19.9 Å². The summed E-state index contributed by atoms with van der Waals surface area (Å²) in [6, 6.07) is 4.04. The Hall–Kier alpha value is -1.03. The SMILES string of the molecule is CC(C)CNC(=O)NCCc1cccs1. The molecule has 1 rings (SSSR count). The Balaban J connectivity index is 2.07. The van der Waals surface area contributed by atoms with Crippen LogP contribution in [0, 0.1) is 5.92 Å². The molecule has 15 heavy (non-hydrogen) atoms. The lowest BCUT2D eigenvalue weighted by molar-refractivity contribution is 0.239. The van der Waals surface area contributed by atoms with E-state index in [1.807, 2.05) is 11.4 Å². The lowest BCUT2D eigenvalue weighted by atomic mass is 10.2. The summed E-state index contributed by atoms with van der Waals surface area (Å²) in [5.74, 6) is 0.494. The van der Waals surface area contributed by atoms with E-state index in [1.54, 1.807) is 11.3 Å². The van der Waals surface area contributed by atoms with Gasteiger partial charge in [0.2, 0.25) is 0 Å². The van der Waals surface area contributed by atoms with Crippen LogP contribution in [0.5, 0.6) is 0 Å². The molecule has 0 aromatic carbocycles. The van der Waals surface area contributed by atoms with Gasteiger partial charge >= 0.3 is 6.03 Å². The van der Waals surface area contributed by atoms with Gasteiger partial charge in [-0.2, -0.15) is 0 Å². The van der Waals surface area contributed by atoms with E-state index in [0.717, 1.165) is 13.0 Å². The van der Waals surface area contributed by atoms with Gasteiger partial charge in [0, 0.05) is 18.0 Å². The molecule has 2 amide bonds. The van der Waals surface area contributed by atoms with Crippen LogP contribution in [0.1, 0.15) is 18.7 Å². The number of thiophene rings is 1. The normalized spacial score (nSPS) is 10.3. The van der Waals surface area contributed by atoms with Gasteiger partial charge in [-0.05, 0) is 23.8 Å². The second-order valence-electron chi connectivity index (χ2n) is 3.86. The standard InChI is InChI=1S/C11H18N2OS/c1-9(2)8-13-11(14)12-6-5-10-4-3-7-15-10/h3-4,7,9H,5-6,8H2,1-2H3,(H2,12,13,14). The van der Waals surface area contributed by atoms with Gasteiger partial charge in [0.25, 0.3) is 0 Å². The minimum atomic E-state index is -0.0692. The molecule has 4 heteroatoms. The summed E-state index contributed by atoms with van der Waals surface area (Å²) < 4.78 is 0. The third-order valence-electron chi connectivity index (χ3n) is 1.91. The molecule has 0 fully saturated rings. The molecule has 0 bridgehead atoms. The van der Waals surface area contributed by atoms with Crippen molar-refractivity contribution in [1.82, 2.24) is 10.6 Å². The predicted molar refractivity (Wildman–Crippen MR) is 64.3 cm³/mol. The molecule has 0 aliphatic rings. The van der Waals surface area contributed by atoms with Gasteiger partial charge in [-0.25, -0.2) is 4.79 Å². The van der Waals surface area contributed by atoms with E-state index in [2.05, 4.69) is 30.5 Å². The molecule has 1 aromatic heterocycles. The molecule has 0 aliphatic heterocycles. The lowest BCUT2D eigenvalue weighted by Gasteiger charge is -2.08. The van der Waals surface area contributed by atoms with Gasteiger partial charge < -0.3 is 10.6 Å². The molecule has 1 aromatic rings. The topological polar surface area (TPSA) is 41.1 Å². The molecule has 0 spiro atoms. The molecule has 0 radical (unpaired) electrons. The summed E-state index contributed by atoms with van der Waals surface area (Å²) in [6.07, 6.45) is 0.909. The number of nitrogens with one attached hydrogen (secondary N) is 2. The van der Waals surface area contributed by atoms with Crippen LogP contribution in [-0.4, -0.2) is 19.1 Å². The third kappa shape index (κ3) is 5.42. The Morgan fingerprint density at radius 1 is 1.47 bits per heavy atom. The Bertz CT molecular complexity index is 283. The molecule has 0 atom stereocenters. The molecular weight excluding hydrogens is 208 g/mol. The fourth-order valence-corrected chi connectivity index (χ4v) is 1.82. The van der Waals surface area contributed by atoms with Crippen molar-refractivity contribution in [3.05, 3.63) is 22.4 Å². The largest absolute Gasteiger partial charge is 0.338 e. The maximum absolute atomic E-state index is 11.3. The molecule has 0 aliphatic carbocycles. The summed E-state index contributed by atoms with van der Waals surface area (Å²) in [7, 11) is 0. The molecule has 2 N–H and O–H groups in total. The zero-order valence-corrected chi connectivity index (χ0v) is 10.1. The Labute approximate surface area is 94.9 Å². The van der Waals surface area contributed by atoms with E-state index in [1.165, 1.54) is 4.88 Å². The van der Waals surface area contributed by atoms with E-state index in [0.29, 0.717) is 12.5 Å². The number of hydrogen-bond donors (Lipinski definition) is 2. The van der Waals surface area contributed by atoms with Crippen molar-refractivity contribution in [2.75, 3.05) is 13.1 Å². The number of carbonyl (C=O) groups excluding carboxylic acids is 1. The van der Waals surface area contributed by atoms with Crippen molar-refractivity contribution >= 4 is 17.4 Å². The van der Waals surface area contributed by atoms with Crippen LogP contribution in [0.4, 0.5) is 4.79 Å². The number of urea groups is 1. The molecular formula is C11H18N2OS. The number of rotatable bonds is 5. The van der Waals surface area contributed by atoms with Crippen LogP contribution < -0.4 is 10.6 Å². The van der Waals surface area contributed by atoms with Crippen molar-refractivity contribution in [3.63, 3.8) is 0 Å². The Morgan fingerprint density at radius 3 is 2.87 bits per heavy atom. The summed E-state index contributed by atoms with van der Waals surface area (Å²) in [5.41, 5.74) is 0. The highest BCUT2D eigenvalue weighted by atomic mass is 32.1. The minimum Gasteiger partial charge on any atom is -0.338 e. The minimum absolute atomic E-state index is 0.0692. The van der Waals surface area contributed by atoms with Crippen LogP contribution in [-0.2, 0) is 6.42 Å². The Kier molecular flexibility index (Phi) is 5.18. The lowest BCUT2D eigenvalue weighted by Crippen LogP contribution is -2.38. The van der Waals surface area contributed by atoms with E-state index < -0.39 is 0 Å². The smallest absolute Gasteiger partial charge is 0.314 e. The van der Waals surface area contributed by atoms with Gasteiger partial charge in [0.1, 0.15) is 0 Å². The summed E-state index contributed by atoms with van der Waals surface area (Å²) in [4.78, 5) is 12.6. The van der Waals surface area contributed by atoms with Gasteiger partial charge in [0.15, 0.2) is 0 Å². The first-order valence-electron chi connectivity index (χ1n) is 5.22. The Morgan fingerprint density at radius 2 is 2.27 bits per heavy atom. The molecule has 1 heterocycles. The second kappa shape index (κ2) is 6.45. The predicted octanol–water partition coefficient (Wildman–Crippen LogP) is 2.25. The zero-order chi connectivity index (χ0) is 11.1. The van der Waals surface area contributed by atoms with Gasteiger partial charge in [-0.15, -0.1) is 11.3 Å². The highest BCUT2D eigenvalue weighted by molar-refractivity contribution is 7.09. The van der Waals surface area contributed by atoms with Crippen LogP contribution in [0.25, 0.3) is 0 Å². The number of carbonyl (C=O) groups is 1. The molecule has 0 unspecified atom stereocenters. The quantitative estimate of drug-likeness (QED) is 0.794. The average molecular weight is 226 g/mol. The summed E-state index contributed by atoms with van der Waals surface area (Å²) >= 11 is 1.72. The maximum atomic E-state index is 11.3. The first-order valence-corrected chi connectivity index (χ1v) is 6.10. The molecule has 3 nitrogen and oxygen atoms in total. The monoisotopic (exact) mass is 226 g/mol. The van der Waals surface area contributed by atoms with E-state index in [9.17, 15) is 4.79 Å². The van der Waals surface area contributed by atoms with E-state index >= 15 is 0 Å². The van der Waals surface area contributed by atoms with E-state index in [-0.39, 0.29) is 6.03 Å². The van der Waals surface area contributed by atoms with Crippen molar-refractivity contribution in [3.8, 4) is 0 Å². The van der Waals surface area contributed by atoms with Crippen LogP contribution in [0.15, 0.2) is 17.5 Å². The summed E-state index contributed by atoms with van der Waals surface area (Å²) in [6.45, 7) is 5.58. The van der Waals surface area contributed by atoms with Crippen LogP contribution >= 0.6 is 11.3 Å². The third-order valence-corrected chi connectivity index (χ3v) is 2.84. The fraction of sp³-hybridized carbons (Fsp3) is 0.545. The van der Waals surface area contributed by atoms with E-state index in [4.69, 9.17) is 0 Å². The van der Waals surface area contributed by atoms with Crippen molar-refractivity contribution in [1.29, 1.82) is 0 Å². The molecule has 0 saturated carbocycles. The first-order chi connectivity index (χ1) is 7.18. The molecule has 0 saturated heterocycles. The van der Waals surface area contributed by atoms with Crippen molar-refractivity contribution < 1.29 is 4.79 Å². The van der Waals surface area contributed by atoms with Crippen molar-refractivity contribution in [2.45, 2.75) is 20.3 Å². The van der Waals surface area contributed by atoms with Gasteiger partial charge in [0.05, 0.1) is 0 Å². The molecule has 84 valence electrons. The van der Waals surface area contributed by atoms with Crippen molar-refractivity contribution in [2.24, 2.45) is 5.92 Å². The van der Waals surface area contributed by atoms with Crippen LogP contribution in [0.2, 0.25) is 0 Å². The highest BCUT2D eigenvalue weighted by Crippen LogP contribution is 2.07. The highest BCUT2D eigenvalue weighted by Gasteiger charge is 2.00. The first kappa shape index (κ1) is 12.0. The average Bonchev–Trinajstić information content (AvgIpc) is 2.67. The number of amides is 2. The zero-order valence-electron chi connectivity index (χ0n) is 9.25. The fourth-order valence-electron chi connectivity index (χ4n) is 1.11. The summed E-state index contributed by atoms with van der Waals surface area (Å²) in [5, 5.41) is 7.70. The number of hydrogen-bond acceptors (Lipinski definition) is 2. The second-order valence-corrected chi connectivity index (χ2v) is 4.89. The maximum Gasteiger partial charge on any atom is 0.314 e. The van der Waals surface area contributed by atoms with Crippen LogP contribution in [0.3, 0.4) is 0 Å².